The Labute approximate surface area is 251 Å². The van der Waals surface area contributed by atoms with Crippen LogP contribution in [0.2, 0.25) is 0 Å². The van der Waals surface area contributed by atoms with Gasteiger partial charge in [-0.25, -0.2) is 0 Å². The van der Waals surface area contributed by atoms with Crippen molar-refractivity contribution < 1.29 is 39.3 Å². The van der Waals surface area contributed by atoms with Crippen molar-refractivity contribution in [2.45, 2.75) is 25.7 Å². The number of allylic oxidation sites excluding steroid dienone is 4. The second-order valence-corrected chi connectivity index (χ2v) is 12.6. The van der Waals surface area contributed by atoms with E-state index in [-0.39, 0.29) is 70.7 Å². The van der Waals surface area contributed by atoms with Crippen LogP contribution in [-0.2, 0) is 24.0 Å². The molecule has 0 spiro atoms. The Balaban J connectivity index is 1.23. The van der Waals surface area contributed by atoms with Crippen LogP contribution in [0, 0.1) is 35.5 Å². The molecule has 5 N–H and O–H groups in total. The van der Waals surface area contributed by atoms with Gasteiger partial charge in [0.2, 0.25) is 11.8 Å². The first kappa shape index (κ1) is 32.6. The van der Waals surface area contributed by atoms with Crippen LogP contribution in [0.1, 0.15) is 25.7 Å². The van der Waals surface area contributed by atoms with Crippen molar-refractivity contribution in [1.29, 1.82) is 0 Å². The number of fused-ring (bicyclic) bond motifs is 4. The number of aliphatic carboxylic acids is 3. The topological polar surface area (TPSA) is 180 Å². The van der Waals surface area contributed by atoms with Gasteiger partial charge in [0.25, 0.3) is 0 Å². The van der Waals surface area contributed by atoms with Crippen molar-refractivity contribution in [3.63, 3.8) is 0 Å². The van der Waals surface area contributed by atoms with E-state index >= 15 is 0 Å². The summed E-state index contributed by atoms with van der Waals surface area (Å²) in [4.78, 5) is 64.2. The molecule has 4 rings (SSSR count). The number of nitrogens with zero attached hydrogens (tertiary/aromatic N) is 3. The van der Waals surface area contributed by atoms with Crippen molar-refractivity contribution in [2.75, 3.05) is 72.0 Å². The molecule has 13 heteroatoms. The summed E-state index contributed by atoms with van der Waals surface area (Å²) in [7, 11) is 0. The molecule has 2 fully saturated rings. The number of carbonyl (C=O) groups excluding carboxylic acids is 2. The summed E-state index contributed by atoms with van der Waals surface area (Å²) in [5.74, 6) is -0.935. The maximum absolute atomic E-state index is 12.6. The van der Waals surface area contributed by atoms with Crippen LogP contribution in [0.3, 0.4) is 0 Å². The standard InChI is InChI=1S/C30H45N5O8/c36-26(31-13-24-11-20-1-3-22(24)9-20)15-34(18-29(40)41)7-5-33(17-28(38)39)6-8-35(19-30(42)43)16-27(37)32-14-25-12-21-2-4-23(25)10-21/h1-4,20-25H,5-19H2,(H,31,36)(H,32,37)(H,38,39)(H,40,41)(H,42,43). The highest BCUT2D eigenvalue weighted by atomic mass is 16.4. The van der Waals surface area contributed by atoms with Gasteiger partial charge < -0.3 is 26.0 Å². The number of amides is 2. The molecule has 2 amide bonds. The first-order valence-electron chi connectivity index (χ1n) is 15.3. The van der Waals surface area contributed by atoms with Gasteiger partial charge in [-0.1, -0.05) is 24.3 Å². The Bertz CT molecular complexity index is 1020. The largest absolute Gasteiger partial charge is 0.480 e. The predicted molar refractivity (Wildman–Crippen MR) is 156 cm³/mol. The Kier molecular flexibility index (Phi) is 11.7. The molecule has 238 valence electrons. The van der Waals surface area contributed by atoms with Crippen molar-refractivity contribution in [3.05, 3.63) is 24.3 Å². The highest BCUT2D eigenvalue weighted by Gasteiger charge is 2.36. The summed E-state index contributed by atoms with van der Waals surface area (Å²) in [5, 5.41) is 34.0. The minimum absolute atomic E-state index is 0.126. The quantitative estimate of drug-likeness (QED) is 0.116. The molecule has 4 aliphatic rings. The zero-order valence-electron chi connectivity index (χ0n) is 24.6. The number of hydrogen-bond acceptors (Lipinski definition) is 8. The van der Waals surface area contributed by atoms with Crippen LogP contribution >= 0.6 is 0 Å². The number of carboxylic acids is 3. The van der Waals surface area contributed by atoms with Gasteiger partial charge in [0.1, 0.15) is 0 Å². The third-order valence-corrected chi connectivity index (χ3v) is 9.23. The molecule has 43 heavy (non-hydrogen) atoms. The van der Waals surface area contributed by atoms with Gasteiger partial charge in [-0.2, -0.15) is 0 Å². The Morgan fingerprint density at radius 1 is 0.535 bits per heavy atom. The highest BCUT2D eigenvalue weighted by molar-refractivity contribution is 5.79. The SMILES string of the molecule is O=C(O)CN(CCN(CC(=O)O)CC(=O)NCC1CC2C=CC1C2)CCN(CC(=O)O)CC(=O)NCC1CC2C=CC1C2. The van der Waals surface area contributed by atoms with Gasteiger partial charge in [-0.15, -0.1) is 0 Å². The molecule has 4 bridgehead atoms. The molecule has 6 atom stereocenters. The minimum Gasteiger partial charge on any atom is -0.480 e. The summed E-state index contributed by atoms with van der Waals surface area (Å²) < 4.78 is 0. The summed E-state index contributed by atoms with van der Waals surface area (Å²) in [6.07, 6.45) is 13.2. The summed E-state index contributed by atoms with van der Waals surface area (Å²) in [6, 6.07) is 0. The summed E-state index contributed by atoms with van der Waals surface area (Å²) >= 11 is 0. The van der Waals surface area contributed by atoms with Gasteiger partial charge >= 0.3 is 17.9 Å². The van der Waals surface area contributed by atoms with E-state index < -0.39 is 17.9 Å². The van der Waals surface area contributed by atoms with Gasteiger partial charge in [0.05, 0.1) is 32.7 Å². The van der Waals surface area contributed by atoms with E-state index in [4.69, 9.17) is 0 Å². The molecular formula is C30H45N5O8. The number of rotatable bonds is 20. The third kappa shape index (κ3) is 10.4. The molecule has 6 unspecified atom stereocenters. The van der Waals surface area contributed by atoms with Gasteiger partial charge in [-0.3, -0.25) is 38.7 Å². The molecule has 0 radical (unpaired) electrons. The average molecular weight is 604 g/mol. The smallest absolute Gasteiger partial charge is 0.317 e. The minimum atomic E-state index is -1.10. The predicted octanol–water partition coefficient (Wildman–Crippen LogP) is -0.197. The zero-order chi connectivity index (χ0) is 30.9. The Morgan fingerprint density at radius 2 is 0.907 bits per heavy atom. The first-order chi connectivity index (χ1) is 20.5. The van der Waals surface area contributed by atoms with Gasteiger partial charge in [-0.05, 0) is 61.2 Å². The molecule has 0 saturated heterocycles. The van der Waals surface area contributed by atoms with Crippen LogP contribution in [0.5, 0.6) is 0 Å². The molecule has 0 heterocycles. The number of carboxylic acid groups (broad SMARTS) is 3. The number of hydrogen-bond donors (Lipinski definition) is 5. The van der Waals surface area contributed by atoms with Crippen molar-refractivity contribution in [1.82, 2.24) is 25.3 Å². The molecule has 2 saturated carbocycles. The van der Waals surface area contributed by atoms with Gasteiger partial charge in [0.15, 0.2) is 0 Å². The lowest BCUT2D eigenvalue weighted by Crippen LogP contribution is -2.47. The molecule has 4 aliphatic carbocycles. The van der Waals surface area contributed by atoms with Crippen LogP contribution < -0.4 is 10.6 Å². The van der Waals surface area contributed by atoms with Crippen LogP contribution in [0.15, 0.2) is 24.3 Å². The lowest BCUT2D eigenvalue weighted by Gasteiger charge is -2.28. The zero-order valence-corrected chi connectivity index (χ0v) is 24.6. The van der Waals surface area contributed by atoms with E-state index in [0.717, 1.165) is 25.7 Å². The molecule has 0 aromatic carbocycles. The van der Waals surface area contributed by atoms with E-state index in [9.17, 15) is 39.3 Å². The van der Waals surface area contributed by atoms with E-state index in [0.29, 0.717) is 48.6 Å². The fraction of sp³-hybridized carbons (Fsp3) is 0.700. The van der Waals surface area contributed by atoms with Crippen molar-refractivity contribution in [3.8, 4) is 0 Å². The molecular weight excluding hydrogens is 558 g/mol. The van der Waals surface area contributed by atoms with E-state index in [1.54, 1.807) is 4.90 Å². The van der Waals surface area contributed by atoms with E-state index in [1.165, 1.54) is 9.80 Å². The van der Waals surface area contributed by atoms with E-state index in [2.05, 4.69) is 34.9 Å². The monoisotopic (exact) mass is 603 g/mol. The average Bonchev–Trinajstić information content (AvgIpc) is 3.74. The van der Waals surface area contributed by atoms with Gasteiger partial charge in [0, 0.05) is 39.3 Å². The third-order valence-electron chi connectivity index (χ3n) is 9.23. The second-order valence-electron chi connectivity index (χ2n) is 12.6. The molecule has 0 aromatic heterocycles. The summed E-state index contributed by atoms with van der Waals surface area (Å²) in [6.45, 7) is 0.261. The maximum Gasteiger partial charge on any atom is 0.317 e. The Hall–Kier alpha value is -3.29. The molecule has 0 aromatic rings. The molecule has 13 nitrogen and oxygen atoms in total. The van der Waals surface area contributed by atoms with Crippen molar-refractivity contribution >= 4 is 29.7 Å². The lowest BCUT2D eigenvalue weighted by atomic mass is 9.94. The van der Waals surface area contributed by atoms with E-state index in [1.807, 2.05) is 0 Å². The number of carbonyl (C=O) groups is 5. The first-order valence-corrected chi connectivity index (χ1v) is 15.3. The normalized spacial score (nSPS) is 26.6. The van der Waals surface area contributed by atoms with Crippen LogP contribution in [0.25, 0.3) is 0 Å². The van der Waals surface area contributed by atoms with Crippen LogP contribution in [-0.4, -0.2) is 132 Å². The maximum atomic E-state index is 12.6. The Morgan fingerprint density at radius 3 is 1.23 bits per heavy atom. The fourth-order valence-corrected chi connectivity index (χ4v) is 7.10. The fourth-order valence-electron chi connectivity index (χ4n) is 7.10. The lowest BCUT2D eigenvalue weighted by molar-refractivity contribution is -0.141. The molecule has 0 aliphatic heterocycles. The van der Waals surface area contributed by atoms with Crippen molar-refractivity contribution in [2.24, 2.45) is 35.5 Å². The number of nitrogens with one attached hydrogen (secondary N) is 2. The summed E-state index contributed by atoms with van der Waals surface area (Å²) in [5.41, 5.74) is 0. The second kappa shape index (κ2) is 15.4. The van der Waals surface area contributed by atoms with Crippen LogP contribution in [0.4, 0.5) is 0 Å². The highest BCUT2D eigenvalue weighted by Crippen LogP contribution is 2.43.